The van der Waals surface area contributed by atoms with Crippen LogP contribution in [0.3, 0.4) is 0 Å². The van der Waals surface area contributed by atoms with Crippen molar-refractivity contribution in [2.75, 3.05) is 20.2 Å². The molecule has 182 valence electrons. The van der Waals surface area contributed by atoms with Gasteiger partial charge in [-0.3, -0.25) is 14.4 Å². The van der Waals surface area contributed by atoms with Crippen LogP contribution >= 0.6 is 11.3 Å². The number of amides is 3. The van der Waals surface area contributed by atoms with Crippen molar-refractivity contribution in [2.24, 2.45) is 5.92 Å². The van der Waals surface area contributed by atoms with Crippen LogP contribution in [0.4, 0.5) is 0 Å². The normalized spacial score (nSPS) is 22.6. The SMILES string of the molecule is COc1ccc(C(=O)N[C@@H]2CCCC[C@H]2NC(=O)C2CCCN(C(=O)Cc3cccs3)C2)cc1. The molecule has 2 aliphatic rings. The maximum atomic E-state index is 13.1. The summed E-state index contributed by atoms with van der Waals surface area (Å²) in [7, 11) is 1.59. The average molecular weight is 484 g/mol. The maximum absolute atomic E-state index is 13.1. The number of likely N-dealkylation sites (tertiary alicyclic amines) is 1. The van der Waals surface area contributed by atoms with E-state index in [4.69, 9.17) is 4.74 Å². The first kappa shape index (κ1) is 24.3. The van der Waals surface area contributed by atoms with Crippen LogP contribution in [0.2, 0.25) is 0 Å². The number of carbonyl (C=O) groups is 3. The molecular weight excluding hydrogens is 450 g/mol. The summed E-state index contributed by atoms with van der Waals surface area (Å²) >= 11 is 1.58. The van der Waals surface area contributed by atoms with Crippen LogP contribution in [0.25, 0.3) is 0 Å². The molecular formula is C26H33N3O4S. The summed E-state index contributed by atoms with van der Waals surface area (Å²) < 4.78 is 5.16. The molecule has 0 radical (unpaired) electrons. The van der Waals surface area contributed by atoms with Crippen LogP contribution in [-0.4, -0.2) is 54.9 Å². The van der Waals surface area contributed by atoms with Crippen molar-refractivity contribution in [1.82, 2.24) is 15.5 Å². The lowest BCUT2D eigenvalue weighted by Crippen LogP contribution is -2.55. The quantitative estimate of drug-likeness (QED) is 0.632. The first-order chi connectivity index (χ1) is 16.5. The predicted octanol–water partition coefficient (Wildman–Crippen LogP) is 3.40. The van der Waals surface area contributed by atoms with Gasteiger partial charge in [0.25, 0.3) is 5.91 Å². The highest BCUT2D eigenvalue weighted by atomic mass is 32.1. The van der Waals surface area contributed by atoms with Crippen molar-refractivity contribution < 1.29 is 19.1 Å². The largest absolute Gasteiger partial charge is 0.497 e. The highest BCUT2D eigenvalue weighted by Crippen LogP contribution is 2.23. The number of methoxy groups -OCH3 is 1. The number of rotatable bonds is 7. The monoisotopic (exact) mass is 483 g/mol. The molecule has 7 nitrogen and oxygen atoms in total. The molecule has 1 saturated carbocycles. The van der Waals surface area contributed by atoms with Gasteiger partial charge in [0, 0.05) is 35.6 Å². The van der Waals surface area contributed by atoms with Crippen LogP contribution in [0, 0.1) is 5.92 Å². The first-order valence-electron chi connectivity index (χ1n) is 12.1. The second kappa shape index (κ2) is 11.5. The standard InChI is InChI=1S/C26H33N3O4S/c1-33-20-12-10-18(11-13-20)25(31)27-22-8-2-3-9-23(22)28-26(32)19-6-4-14-29(17-19)24(30)16-21-7-5-15-34-21/h5,7,10-13,15,19,22-23H,2-4,6,8-9,14,16-17H2,1H3,(H,27,31)(H,28,32)/t19?,22-,23-/m1/s1. The molecule has 2 N–H and O–H groups in total. The summed E-state index contributed by atoms with van der Waals surface area (Å²) in [6.07, 6.45) is 5.73. The van der Waals surface area contributed by atoms with E-state index in [1.54, 1.807) is 42.7 Å². The molecule has 2 fully saturated rings. The minimum absolute atomic E-state index is 0.00998. The van der Waals surface area contributed by atoms with E-state index < -0.39 is 0 Å². The van der Waals surface area contributed by atoms with Crippen LogP contribution in [0.15, 0.2) is 41.8 Å². The summed E-state index contributed by atoms with van der Waals surface area (Å²) in [4.78, 5) is 41.5. The summed E-state index contributed by atoms with van der Waals surface area (Å²) in [5, 5.41) is 8.31. The fourth-order valence-electron chi connectivity index (χ4n) is 4.86. The maximum Gasteiger partial charge on any atom is 0.251 e. The molecule has 4 rings (SSSR count). The zero-order chi connectivity index (χ0) is 23.9. The molecule has 1 aromatic heterocycles. The Morgan fingerprint density at radius 1 is 1.00 bits per heavy atom. The molecule has 1 aromatic carbocycles. The van der Waals surface area contributed by atoms with Crippen molar-refractivity contribution >= 4 is 29.1 Å². The van der Waals surface area contributed by atoms with Gasteiger partial charge in [-0.2, -0.15) is 0 Å². The third-order valence-electron chi connectivity index (χ3n) is 6.81. The minimum atomic E-state index is -0.207. The topological polar surface area (TPSA) is 87.7 Å². The van der Waals surface area contributed by atoms with Gasteiger partial charge in [-0.05, 0) is 61.4 Å². The van der Waals surface area contributed by atoms with Crippen molar-refractivity contribution in [3.63, 3.8) is 0 Å². The van der Waals surface area contributed by atoms with Crippen molar-refractivity contribution in [3.8, 4) is 5.75 Å². The van der Waals surface area contributed by atoms with Crippen LogP contribution in [0.5, 0.6) is 5.75 Å². The number of nitrogens with one attached hydrogen (secondary N) is 2. The predicted molar refractivity (Wildman–Crippen MR) is 132 cm³/mol. The number of hydrogen-bond acceptors (Lipinski definition) is 5. The Kier molecular flexibility index (Phi) is 8.21. The lowest BCUT2D eigenvalue weighted by molar-refractivity contribution is -0.135. The molecule has 3 amide bonds. The van der Waals surface area contributed by atoms with Gasteiger partial charge in [-0.15, -0.1) is 11.3 Å². The Labute approximate surface area is 204 Å². The third kappa shape index (κ3) is 6.17. The van der Waals surface area contributed by atoms with E-state index in [1.807, 2.05) is 22.4 Å². The summed E-state index contributed by atoms with van der Waals surface area (Å²) in [5.74, 6) is 0.430. The third-order valence-corrected chi connectivity index (χ3v) is 7.69. The zero-order valence-corrected chi connectivity index (χ0v) is 20.4. The Bertz CT molecular complexity index is 976. The molecule has 1 unspecified atom stereocenters. The molecule has 8 heteroatoms. The van der Waals surface area contributed by atoms with Crippen molar-refractivity contribution in [3.05, 3.63) is 52.2 Å². The van der Waals surface area contributed by atoms with Gasteiger partial charge in [-0.1, -0.05) is 18.9 Å². The van der Waals surface area contributed by atoms with Crippen LogP contribution in [-0.2, 0) is 16.0 Å². The number of thiophene rings is 1. The van der Waals surface area contributed by atoms with Crippen LogP contribution < -0.4 is 15.4 Å². The number of benzene rings is 1. The van der Waals surface area contributed by atoms with E-state index in [9.17, 15) is 14.4 Å². The van der Waals surface area contributed by atoms with E-state index in [0.29, 0.717) is 30.8 Å². The molecule has 34 heavy (non-hydrogen) atoms. The highest BCUT2D eigenvalue weighted by Gasteiger charge is 2.33. The van der Waals surface area contributed by atoms with Crippen molar-refractivity contribution in [1.29, 1.82) is 0 Å². The number of hydrogen-bond donors (Lipinski definition) is 2. The molecule has 0 spiro atoms. The summed E-state index contributed by atoms with van der Waals surface area (Å²) in [5.41, 5.74) is 0.573. The lowest BCUT2D eigenvalue weighted by atomic mass is 9.88. The van der Waals surface area contributed by atoms with Gasteiger partial charge in [0.2, 0.25) is 11.8 Å². The van der Waals surface area contributed by atoms with Crippen LogP contribution in [0.1, 0.15) is 53.8 Å². The number of ether oxygens (including phenoxy) is 1. The van der Waals surface area contributed by atoms with E-state index >= 15 is 0 Å². The summed E-state index contributed by atoms with van der Waals surface area (Å²) in [6.45, 7) is 1.17. The van der Waals surface area contributed by atoms with Gasteiger partial charge < -0.3 is 20.3 Å². The van der Waals surface area contributed by atoms with Gasteiger partial charge >= 0.3 is 0 Å². The number of carbonyl (C=O) groups excluding carboxylic acids is 3. The fraction of sp³-hybridized carbons (Fsp3) is 0.500. The number of piperidine rings is 1. The smallest absolute Gasteiger partial charge is 0.251 e. The second-order valence-corrected chi connectivity index (χ2v) is 10.2. The van der Waals surface area contributed by atoms with E-state index in [-0.39, 0.29) is 35.7 Å². The molecule has 1 saturated heterocycles. The zero-order valence-electron chi connectivity index (χ0n) is 19.6. The Morgan fingerprint density at radius 2 is 1.74 bits per heavy atom. The molecule has 0 bridgehead atoms. The Hall–Kier alpha value is -2.87. The summed E-state index contributed by atoms with van der Waals surface area (Å²) in [6, 6.07) is 10.7. The Balaban J connectivity index is 1.32. The average Bonchev–Trinajstić information content (AvgIpc) is 3.38. The molecule has 2 aromatic rings. The lowest BCUT2D eigenvalue weighted by Gasteiger charge is -2.36. The van der Waals surface area contributed by atoms with E-state index in [1.165, 1.54) is 0 Å². The van der Waals surface area contributed by atoms with E-state index in [2.05, 4.69) is 10.6 Å². The minimum Gasteiger partial charge on any atom is -0.497 e. The van der Waals surface area contributed by atoms with E-state index in [0.717, 1.165) is 43.4 Å². The van der Waals surface area contributed by atoms with Gasteiger partial charge in [0.05, 0.1) is 19.4 Å². The van der Waals surface area contributed by atoms with Gasteiger partial charge in [0.1, 0.15) is 5.75 Å². The van der Waals surface area contributed by atoms with Gasteiger partial charge in [-0.25, -0.2) is 0 Å². The fourth-order valence-corrected chi connectivity index (χ4v) is 5.56. The molecule has 1 aliphatic carbocycles. The molecule has 3 atom stereocenters. The molecule has 2 heterocycles. The number of nitrogens with zero attached hydrogens (tertiary/aromatic N) is 1. The molecule has 1 aliphatic heterocycles. The first-order valence-corrected chi connectivity index (χ1v) is 13.0. The second-order valence-electron chi connectivity index (χ2n) is 9.14. The van der Waals surface area contributed by atoms with Gasteiger partial charge in [0.15, 0.2) is 0 Å². The highest BCUT2D eigenvalue weighted by molar-refractivity contribution is 7.10. The Morgan fingerprint density at radius 3 is 2.41 bits per heavy atom. The van der Waals surface area contributed by atoms with Crippen molar-refractivity contribution in [2.45, 2.75) is 57.0 Å².